The minimum absolute atomic E-state index is 0.0833. The highest BCUT2D eigenvalue weighted by atomic mass is 19.1. The zero-order chi connectivity index (χ0) is 14.5. The van der Waals surface area contributed by atoms with Crippen LogP contribution < -0.4 is 10.6 Å². The third kappa shape index (κ3) is 3.76. The fourth-order valence-corrected chi connectivity index (χ4v) is 2.54. The second-order valence-corrected chi connectivity index (χ2v) is 5.26. The molecule has 2 atom stereocenters. The van der Waals surface area contributed by atoms with E-state index in [1.54, 1.807) is 0 Å². The van der Waals surface area contributed by atoms with Gasteiger partial charge < -0.3 is 10.6 Å². The Hall–Kier alpha value is -1.49. The summed E-state index contributed by atoms with van der Waals surface area (Å²) in [6.07, 6.45) is 2.97. The van der Waals surface area contributed by atoms with Crippen LogP contribution in [-0.4, -0.2) is 18.5 Å². The number of nitrogens with one attached hydrogen (secondary N) is 2. The van der Waals surface area contributed by atoms with Crippen molar-refractivity contribution in [1.82, 2.24) is 10.6 Å². The molecule has 0 radical (unpaired) electrons. The molecule has 0 aliphatic carbocycles. The SMILES string of the molecule is CCC1CCNC(C(=O)NCc2ccc(F)cc2F)C1. The summed E-state index contributed by atoms with van der Waals surface area (Å²) in [6.45, 7) is 3.04. The van der Waals surface area contributed by atoms with Gasteiger partial charge in [0.05, 0.1) is 6.04 Å². The summed E-state index contributed by atoms with van der Waals surface area (Å²) in [7, 11) is 0. The highest BCUT2D eigenvalue weighted by Crippen LogP contribution is 2.19. The quantitative estimate of drug-likeness (QED) is 0.890. The number of piperidine rings is 1. The summed E-state index contributed by atoms with van der Waals surface area (Å²) < 4.78 is 26.2. The van der Waals surface area contributed by atoms with Gasteiger partial charge in [-0.05, 0) is 31.4 Å². The van der Waals surface area contributed by atoms with Gasteiger partial charge in [0.15, 0.2) is 0 Å². The molecule has 2 N–H and O–H groups in total. The molecule has 1 heterocycles. The van der Waals surface area contributed by atoms with Crippen LogP contribution in [-0.2, 0) is 11.3 Å². The maximum absolute atomic E-state index is 13.5. The number of hydrogen-bond acceptors (Lipinski definition) is 2. The van der Waals surface area contributed by atoms with Crippen molar-refractivity contribution in [1.29, 1.82) is 0 Å². The Morgan fingerprint density at radius 3 is 2.95 bits per heavy atom. The van der Waals surface area contributed by atoms with Gasteiger partial charge >= 0.3 is 0 Å². The molecular weight excluding hydrogens is 262 g/mol. The predicted molar refractivity (Wildman–Crippen MR) is 73.0 cm³/mol. The van der Waals surface area contributed by atoms with Crippen molar-refractivity contribution in [3.05, 3.63) is 35.4 Å². The van der Waals surface area contributed by atoms with Gasteiger partial charge in [0.2, 0.25) is 5.91 Å². The Bertz CT molecular complexity index is 479. The Balaban J connectivity index is 1.88. The molecule has 20 heavy (non-hydrogen) atoms. The third-order valence-corrected chi connectivity index (χ3v) is 3.87. The maximum Gasteiger partial charge on any atom is 0.237 e. The van der Waals surface area contributed by atoms with Crippen molar-refractivity contribution in [2.75, 3.05) is 6.54 Å². The molecule has 1 amide bonds. The summed E-state index contributed by atoms with van der Waals surface area (Å²) in [5, 5.41) is 5.89. The van der Waals surface area contributed by atoms with Crippen LogP contribution in [0.25, 0.3) is 0 Å². The number of hydrogen-bond donors (Lipinski definition) is 2. The average molecular weight is 282 g/mol. The molecule has 2 rings (SSSR count). The van der Waals surface area contributed by atoms with Gasteiger partial charge in [-0.15, -0.1) is 0 Å². The van der Waals surface area contributed by atoms with Crippen LogP contribution in [0.5, 0.6) is 0 Å². The van der Waals surface area contributed by atoms with Crippen LogP contribution in [0.15, 0.2) is 18.2 Å². The van der Waals surface area contributed by atoms with Gasteiger partial charge in [-0.3, -0.25) is 4.79 Å². The first kappa shape index (κ1) is 14.9. The van der Waals surface area contributed by atoms with Crippen molar-refractivity contribution >= 4 is 5.91 Å². The molecule has 0 bridgehead atoms. The van der Waals surface area contributed by atoms with E-state index in [1.807, 2.05) is 0 Å². The second kappa shape index (κ2) is 6.79. The number of benzene rings is 1. The Kier molecular flexibility index (Phi) is 5.06. The highest BCUT2D eigenvalue weighted by molar-refractivity contribution is 5.81. The van der Waals surface area contributed by atoms with Crippen LogP contribution in [0.2, 0.25) is 0 Å². The van der Waals surface area contributed by atoms with Gasteiger partial charge in [-0.2, -0.15) is 0 Å². The molecule has 0 aromatic heterocycles. The van der Waals surface area contributed by atoms with Crippen LogP contribution >= 0.6 is 0 Å². The minimum Gasteiger partial charge on any atom is -0.351 e. The van der Waals surface area contributed by atoms with E-state index in [2.05, 4.69) is 17.6 Å². The molecule has 2 unspecified atom stereocenters. The largest absolute Gasteiger partial charge is 0.351 e. The predicted octanol–water partition coefficient (Wildman–Crippen LogP) is 2.36. The molecular formula is C15H20F2N2O. The van der Waals surface area contributed by atoms with E-state index >= 15 is 0 Å². The lowest BCUT2D eigenvalue weighted by Crippen LogP contribution is -2.48. The first-order valence-electron chi connectivity index (χ1n) is 7.05. The lowest BCUT2D eigenvalue weighted by Gasteiger charge is -2.28. The number of halogens is 2. The topological polar surface area (TPSA) is 41.1 Å². The number of carbonyl (C=O) groups excluding carboxylic acids is 1. The van der Waals surface area contributed by atoms with Gasteiger partial charge in [0.25, 0.3) is 0 Å². The summed E-state index contributed by atoms with van der Waals surface area (Å²) in [5.74, 6) is -0.799. The van der Waals surface area contributed by atoms with Gasteiger partial charge in [0, 0.05) is 18.2 Å². The van der Waals surface area contributed by atoms with Crippen molar-refractivity contribution in [2.45, 2.75) is 38.8 Å². The summed E-state index contributed by atoms with van der Waals surface area (Å²) >= 11 is 0. The Labute approximate surface area is 117 Å². The number of carbonyl (C=O) groups is 1. The monoisotopic (exact) mass is 282 g/mol. The van der Waals surface area contributed by atoms with Gasteiger partial charge in [-0.1, -0.05) is 19.4 Å². The van der Waals surface area contributed by atoms with Gasteiger partial charge in [0.1, 0.15) is 11.6 Å². The standard InChI is InChI=1S/C15H20F2N2O/c1-2-10-5-6-18-14(7-10)15(20)19-9-11-3-4-12(16)8-13(11)17/h3-4,8,10,14,18H,2,5-7,9H2,1H3,(H,19,20). The van der Waals surface area contributed by atoms with Crippen molar-refractivity contribution in [3.8, 4) is 0 Å². The maximum atomic E-state index is 13.5. The molecule has 3 nitrogen and oxygen atoms in total. The van der Waals surface area contributed by atoms with Crippen LogP contribution in [0, 0.1) is 17.6 Å². The molecule has 0 spiro atoms. The van der Waals surface area contributed by atoms with E-state index in [0.29, 0.717) is 11.5 Å². The van der Waals surface area contributed by atoms with Crippen molar-refractivity contribution in [2.24, 2.45) is 5.92 Å². The normalized spacial score (nSPS) is 22.6. The lowest BCUT2D eigenvalue weighted by molar-refractivity contribution is -0.124. The van der Waals surface area contributed by atoms with Crippen molar-refractivity contribution in [3.63, 3.8) is 0 Å². The summed E-state index contributed by atoms with van der Waals surface area (Å²) in [6, 6.07) is 3.16. The smallest absolute Gasteiger partial charge is 0.237 e. The van der Waals surface area contributed by atoms with E-state index in [-0.39, 0.29) is 18.5 Å². The minimum atomic E-state index is -0.631. The zero-order valence-corrected chi connectivity index (χ0v) is 11.6. The van der Waals surface area contributed by atoms with E-state index in [0.717, 1.165) is 31.9 Å². The Morgan fingerprint density at radius 2 is 2.25 bits per heavy atom. The third-order valence-electron chi connectivity index (χ3n) is 3.87. The number of amides is 1. The molecule has 5 heteroatoms. The Morgan fingerprint density at radius 1 is 1.45 bits per heavy atom. The molecule has 0 saturated carbocycles. The van der Waals surface area contributed by atoms with E-state index in [9.17, 15) is 13.6 Å². The van der Waals surface area contributed by atoms with E-state index in [1.165, 1.54) is 12.1 Å². The number of rotatable bonds is 4. The van der Waals surface area contributed by atoms with E-state index in [4.69, 9.17) is 0 Å². The van der Waals surface area contributed by atoms with Crippen LogP contribution in [0.1, 0.15) is 31.7 Å². The highest BCUT2D eigenvalue weighted by Gasteiger charge is 2.25. The fraction of sp³-hybridized carbons (Fsp3) is 0.533. The first-order chi connectivity index (χ1) is 9.60. The van der Waals surface area contributed by atoms with Crippen LogP contribution in [0.4, 0.5) is 8.78 Å². The van der Waals surface area contributed by atoms with E-state index < -0.39 is 11.6 Å². The summed E-state index contributed by atoms with van der Waals surface area (Å²) in [5.41, 5.74) is 0.294. The molecule has 1 fully saturated rings. The zero-order valence-electron chi connectivity index (χ0n) is 11.6. The van der Waals surface area contributed by atoms with Gasteiger partial charge in [-0.25, -0.2) is 8.78 Å². The average Bonchev–Trinajstić information content (AvgIpc) is 2.46. The van der Waals surface area contributed by atoms with Crippen LogP contribution in [0.3, 0.4) is 0 Å². The lowest BCUT2D eigenvalue weighted by atomic mass is 9.90. The first-order valence-corrected chi connectivity index (χ1v) is 7.05. The summed E-state index contributed by atoms with van der Waals surface area (Å²) in [4.78, 5) is 12.0. The fourth-order valence-electron chi connectivity index (χ4n) is 2.54. The molecule has 1 saturated heterocycles. The molecule has 110 valence electrons. The molecule has 1 aliphatic rings. The molecule has 1 aromatic carbocycles. The molecule has 1 aliphatic heterocycles. The second-order valence-electron chi connectivity index (χ2n) is 5.26. The van der Waals surface area contributed by atoms with Crippen molar-refractivity contribution < 1.29 is 13.6 Å². The molecule has 1 aromatic rings.